The summed E-state index contributed by atoms with van der Waals surface area (Å²) >= 11 is 0. The molecule has 0 aromatic carbocycles. The van der Waals surface area contributed by atoms with Crippen molar-refractivity contribution in [1.82, 2.24) is 0 Å². The maximum Gasteiger partial charge on any atom is 0.0492 e. The fraction of sp³-hybridized carbons (Fsp3) is 1.00. The van der Waals surface area contributed by atoms with Crippen LogP contribution in [0.2, 0.25) is 0 Å². The SMILES string of the molecule is CC(C)C(CO)C(C)(C)C.CC(C)C(CO)C(C)C.CCC(CC)(CO)C(C)C.CCC(CO)(C(C)C)C(C)C. The van der Waals surface area contributed by atoms with Gasteiger partial charge in [0, 0.05) is 26.4 Å². The van der Waals surface area contributed by atoms with Crippen molar-refractivity contribution in [2.24, 2.45) is 63.6 Å². The lowest BCUT2D eigenvalue weighted by Gasteiger charge is -2.39. The quantitative estimate of drug-likeness (QED) is 0.176. The molecular formula is C36H80O4. The maximum atomic E-state index is 9.32. The highest BCUT2D eigenvalue weighted by Gasteiger charge is 2.34. The molecule has 4 N–H and O–H groups in total. The molecule has 0 aliphatic carbocycles. The number of aliphatic hydroxyl groups excluding tert-OH is 4. The van der Waals surface area contributed by atoms with Gasteiger partial charge in [0.05, 0.1) is 0 Å². The molecule has 0 saturated heterocycles. The van der Waals surface area contributed by atoms with Gasteiger partial charge in [-0.25, -0.2) is 0 Å². The van der Waals surface area contributed by atoms with Crippen molar-refractivity contribution < 1.29 is 20.4 Å². The summed E-state index contributed by atoms with van der Waals surface area (Å²) in [6.45, 7) is 40.4. The summed E-state index contributed by atoms with van der Waals surface area (Å²) in [7, 11) is 0. The minimum atomic E-state index is 0.139. The summed E-state index contributed by atoms with van der Waals surface area (Å²) in [4.78, 5) is 0. The first kappa shape index (κ1) is 46.8. The average Bonchev–Trinajstić information content (AvgIpc) is 2.81. The van der Waals surface area contributed by atoms with Gasteiger partial charge in [0.2, 0.25) is 0 Å². The van der Waals surface area contributed by atoms with Crippen molar-refractivity contribution in [1.29, 1.82) is 0 Å². The van der Waals surface area contributed by atoms with E-state index >= 15 is 0 Å². The van der Waals surface area contributed by atoms with Gasteiger partial charge in [-0.2, -0.15) is 0 Å². The summed E-state index contributed by atoms with van der Waals surface area (Å²) in [5.41, 5.74) is 0.558. The summed E-state index contributed by atoms with van der Waals surface area (Å²) < 4.78 is 0. The Hall–Kier alpha value is -0.160. The normalized spacial score (nSPS) is 13.4. The van der Waals surface area contributed by atoms with Crippen molar-refractivity contribution in [2.45, 2.75) is 144 Å². The highest BCUT2D eigenvalue weighted by molar-refractivity contribution is 4.83. The van der Waals surface area contributed by atoms with Crippen LogP contribution in [0.25, 0.3) is 0 Å². The van der Waals surface area contributed by atoms with Crippen LogP contribution in [0.1, 0.15) is 144 Å². The van der Waals surface area contributed by atoms with Crippen LogP contribution < -0.4 is 0 Å². The van der Waals surface area contributed by atoms with Crippen molar-refractivity contribution in [3.63, 3.8) is 0 Å². The van der Waals surface area contributed by atoms with Crippen molar-refractivity contribution in [3.05, 3.63) is 0 Å². The summed E-state index contributed by atoms with van der Waals surface area (Å²) in [5.74, 6) is 4.41. The van der Waals surface area contributed by atoms with Gasteiger partial charge in [0.25, 0.3) is 0 Å². The van der Waals surface area contributed by atoms with Crippen LogP contribution in [0, 0.1) is 63.6 Å². The smallest absolute Gasteiger partial charge is 0.0492 e. The lowest BCUT2D eigenvalue weighted by Crippen LogP contribution is -2.36. The Kier molecular flexibility index (Phi) is 27.3. The third-order valence-electron chi connectivity index (χ3n) is 10.2. The zero-order chi connectivity index (χ0) is 33.1. The Balaban J connectivity index is -0.000000217. The first-order valence-corrected chi connectivity index (χ1v) is 16.6. The minimum absolute atomic E-state index is 0.139. The largest absolute Gasteiger partial charge is 0.396 e. The lowest BCUT2D eigenvalue weighted by molar-refractivity contribution is 0.0260. The van der Waals surface area contributed by atoms with Crippen molar-refractivity contribution >= 4 is 0 Å². The summed E-state index contributed by atoms with van der Waals surface area (Å²) in [5, 5.41) is 36.4. The van der Waals surface area contributed by atoms with Gasteiger partial charge < -0.3 is 20.4 Å². The Bertz CT molecular complexity index is 509. The van der Waals surface area contributed by atoms with Gasteiger partial charge in [-0.15, -0.1) is 0 Å². The number of hydrogen-bond acceptors (Lipinski definition) is 4. The van der Waals surface area contributed by atoms with E-state index in [1.165, 1.54) is 0 Å². The molecule has 0 saturated carbocycles. The number of hydrogen-bond donors (Lipinski definition) is 4. The van der Waals surface area contributed by atoms with Gasteiger partial charge >= 0.3 is 0 Å². The van der Waals surface area contributed by atoms with Crippen molar-refractivity contribution in [2.75, 3.05) is 26.4 Å². The lowest BCUT2D eigenvalue weighted by atomic mass is 9.68. The van der Waals surface area contributed by atoms with Crippen LogP contribution in [0.5, 0.6) is 0 Å². The van der Waals surface area contributed by atoms with Crippen LogP contribution in [0.3, 0.4) is 0 Å². The Morgan fingerprint density at radius 2 is 0.850 bits per heavy atom. The number of aliphatic hydroxyl groups is 4. The predicted molar refractivity (Wildman–Crippen MR) is 180 cm³/mol. The second kappa shape index (κ2) is 23.3. The molecule has 1 unspecified atom stereocenters. The zero-order valence-corrected chi connectivity index (χ0v) is 30.9. The molecule has 0 aliphatic heterocycles. The third-order valence-corrected chi connectivity index (χ3v) is 10.2. The van der Waals surface area contributed by atoms with Crippen molar-refractivity contribution in [3.8, 4) is 0 Å². The molecule has 0 heterocycles. The Morgan fingerprint density at radius 1 is 0.475 bits per heavy atom. The fourth-order valence-electron chi connectivity index (χ4n) is 6.11. The third kappa shape index (κ3) is 17.1. The molecule has 0 bridgehead atoms. The van der Waals surface area contributed by atoms with Gasteiger partial charge in [-0.3, -0.25) is 0 Å². The van der Waals surface area contributed by atoms with E-state index in [9.17, 15) is 5.11 Å². The first-order valence-electron chi connectivity index (χ1n) is 16.6. The van der Waals surface area contributed by atoms with Gasteiger partial charge in [0.1, 0.15) is 0 Å². The van der Waals surface area contributed by atoms with E-state index in [4.69, 9.17) is 15.3 Å². The molecule has 0 radical (unpaired) electrons. The Morgan fingerprint density at radius 3 is 0.850 bits per heavy atom. The molecule has 0 spiro atoms. The average molecular weight is 577 g/mol. The second-order valence-electron chi connectivity index (χ2n) is 15.2. The maximum absolute atomic E-state index is 9.32. The molecule has 1 atom stereocenters. The van der Waals surface area contributed by atoms with E-state index in [0.29, 0.717) is 73.8 Å². The second-order valence-corrected chi connectivity index (χ2v) is 15.2. The van der Waals surface area contributed by atoms with Gasteiger partial charge in [-0.05, 0) is 82.9 Å². The molecular weight excluding hydrogens is 496 g/mol. The zero-order valence-electron chi connectivity index (χ0n) is 30.9. The van der Waals surface area contributed by atoms with E-state index in [-0.39, 0.29) is 16.2 Å². The number of rotatable bonds is 13. The molecule has 0 rings (SSSR count). The molecule has 0 aromatic rings. The summed E-state index contributed by atoms with van der Waals surface area (Å²) in [6, 6.07) is 0. The van der Waals surface area contributed by atoms with E-state index in [1.807, 2.05) is 0 Å². The van der Waals surface area contributed by atoms with Crippen LogP contribution in [-0.2, 0) is 0 Å². The molecule has 40 heavy (non-hydrogen) atoms. The van der Waals surface area contributed by atoms with E-state index < -0.39 is 0 Å². The summed E-state index contributed by atoms with van der Waals surface area (Å²) in [6.07, 6.45) is 3.23. The van der Waals surface area contributed by atoms with Gasteiger partial charge in [-0.1, -0.05) is 125 Å². The molecule has 0 fully saturated rings. The minimum Gasteiger partial charge on any atom is -0.396 e. The Labute approximate surface area is 254 Å². The molecule has 0 aromatic heterocycles. The van der Waals surface area contributed by atoms with Crippen LogP contribution in [0.4, 0.5) is 0 Å². The fourth-order valence-corrected chi connectivity index (χ4v) is 6.11. The van der Waals surface area contributed by atoms with Crippen LogP contribution >= 0.6 is 0 Å². The monoisotopic (exact) mass is 577 g/mol. The van der Waals surface area contributed by atoms with E-state index in [0.717, 1.165) is 19.3 Å². The highest BCUT2D eigenvalue weighted by Crippen LogP contribution is 2.38. The topological polar surface area (TPSA) is 80.9 Å². The van der Waals surface area contributed by atoms with E-state index in [1.54, 1.807) is 0 Å². The standard InChI is InChI=1S/C10H22O.2C9H20O.C8H18O/c1-6-10(7-11,8(2)3)9(4)5;1-7(2)8(6-10)9(3,4)5;1-5-9(6-2,7-10)8(3)4;1-6(2)8(5-9)7(3)4/h8-9,11H,6-7H2,1-5H3;7-8,10H,6H2,1-5H3;8,10H,5-7H2,1-4H3;6-9H,5H2,1-4H3. The molecule has 0 aliphatic rings. The highest BCUT2D eigenvalue weighted by atomic mass is 16.3. The molecule has 248 valence electrons. The van der Waals surface area contributed by atoms with E-state index in [2.05, 4.69) is 125 Å². The molecule has 4 heteroatoms. The molecule has 4 nitrogen and oxygen atoms in total. The molecule has 0 amide bonds. The van der Waals surface area contributed by atoms with Crippen LogP contribution in [-0.4, -0.2) is 46.9 Å². The predicted octanol–water partition coefficient (Wildman–Crippen LogP) is 9.33. The first-order chi connectivity index (χ1) is 18.1. The van der Waals surface area contributed by atoms with Crippen LogP contribution in [0.15, 0.2) is 0 Å². The van der Waals surface area contributed by atoms with Gasteiger partial charge in [0.15, 0.2) is 0 Å².